The van der Waals surface area contributed by atoms with Gasteiger partial charge < -0.3 is 14.7 Å². The van der Waals surface area contributed by atoms with Crippen LogP contribution >= 0.6 is 11.8 Å². The van der Waals surface area contributed by atoms with Gasteiger partial charge in [-0.25, -0.2) is 4.79 Å². The Morgan fingerprint density at radius 1 is 1.22 bits per heavy atom. The topological polar surface area (TPSA) is 83.9 Å². The summed E-state index contributed by atoms with van der Waals surface area (Å²) in [6.45, 7) is 6.23. The van der Waals surface area contributed by atoms with Crippen molar-refractivity contribution in [2.75, 3.05) is 0 Å². The van der Waals surface area contributed by atoms with Crippen molar-refractivity contribution in [3.8, 4) is 5.75 Å². The molecule has 1 aliphatic heterocycles. The number of amides is 1. The average Bonchev–Trinajstić information content (AvgIpc) is 2.70. The molecule has 7 heteroatoms. The van der Waals surface area contributed by atoms with Crippen LogP contribution in [-0.2, 0) is 14.4 Å². The number of hydrogen-bond acceptors (Lipinski definition) is 5. The Kier molecular flexibility index (Phi) is 4.70. The zero-order valence-corrected chi connectivity index (χ0v) is 14.2. The van der Waals surface area contributed by atoms with Crippen molar-refractivity contribution in [3.63, 3.8) is 0 Å². The van der Waals surface area contributed by atoms with Gasteiger partial charge in [-0.3, -0.25) is 9.59 Å². The molecule has 0 radical (unpaired) electrons. The van der Waals surface area contributed by atoms with Crippen LogP contribution in [0.15, 0.2) is 24.3 Å². The Morgan fingerprint density at radius 2 is 1.83 bits per heavy atom. The van der Waals surface area contributed by atoms with Crippen LogP contribution in [-0.4, -0.2) is 38.6 Å². The first-order valence-corrected chi connectivity index (χ1v) is 8.00. The SMILES string of the molecule is CC(=O)Oc1ccccc1[C@@H]1SC(C)(C)C(C(=O)O)N1C(C)=O. The number of ether oxygens (including phenoxy) is 1. The second-order valence-electron chi connectivity index (χ2n) is 5.87. The molecule has 1 N–H and O–H groups in total. The highest BCUT2D eigenvalue weighted by Crippen LogP contribution is 2.53. The van der Waals surface area contributed by atoms with Gasteiger partial charge in [0.25, 0.3) is 0 Å². The summed E-state index contributed by atoms with van der Waals surface area (Å²) in [6, 6.07) is 5.91. The number of para-hydroxylation sites is 1. The van der Waals surface area contributed by atoms with E-state index in [2.05, 4.69) is 0 Å². The third-order valence-electron chi connectivity index (χ3n) is 3.64. The summed E-state index contributed by atoms with van der Waals surface area (Å²) in [5.41, 5.74) is 0.611. The van der Waals surface area contributed by atoms with Gasteiger partial charge in [0.1, 0.15) is 17.2 Å². The first-order chi connectivity index (χ1) is 10.6. The van der Waals surface area contributed by atoms with Crippen molar-refractivity contribution >= 4 is 29.6 Å². The number of nitrogens with zero attached hydrogens (tertiary/aromatic N) is 1. The Hall–Kier alpha value is -2.02. The molecule has 1 amide bonds. The molecule has 1 aromatic rings. The fraction of sp³-hybridized carbons (Fsp3) is 0.438. The number of benzene rings is 1. The molecule has 1 aliphatic rings. The highest BCUT2D eigenvalue weighted by atomic mass is 32.2. The molecule has 0 spiro atoms. The van der Waals surface area contributed by atoms with Crippen molar-refractivity contribution < 1.29 is 24.2 Å². The van der Waals surface area contributed by atoms with Crippen molar-refractivity contribution in [2.45, 2.75) is 43.9 Å². The van der Waals surface area contributed by atoms with Crippen LogP contribution in [0.1, 0.15) is 38.6 Å². The lowest BCUT2D eigenvalue weighted by Gasteiger charge is -2.29. The summed E-state index contributed by atoms with van der Waals surface area (Å²) in [5, 5.41) is 9.03. The fourth-order valence-corrected chi connectivity index (χ4v) is 4.41. The third-order valence-corrected chi connectivity index (χ3v) is 5.18. The Bertz CT molecular complexity index is 658. The molecule has 6 nitrogen and oxygen atoms in total. The van der Waals surface area contributed by atoms with Gasteiger partial charge in [0.2, 0.25) is 5.91 Å². The maximum absolute atomic E-state index is 12.1. The van der Waals surface area contributed by atoms with E-state index in [1.807, 2.05) is 0 Å². The van der Waals surface area contributed by atoms with Crippen LogP contribution in [0, 0.1) is 0 Å². The first kappa shape index (κ1) is 17.3. The highest BCUT2D eigenvalue weighted by Gasteiger charge is 2.53. The van der Waals surface area contributed by atoms with Crippen LogP contribution in [0.25, 0.3) is 0 Å². The van der Waals surface area contributed by atoms with Gasteiger partial charge in [0.05, 0.1) is 0 Å². The number of rotatable bonds is 3. The van der Waals surface area contributed by atoms with E-state index in [-0.39, 0.29) is 5.91 Å². The van der Waals surface area contributed by atoms with Gasteiger partial charge in [-0.05, 0) is 19.9 Å². The number of hydrogen-bond donors (Lipinski definition) is 1. The molecule has 0 saturated carbocycles. The molecule has 23 heavy (non-hydrogen) atoms. The Morgan fingerprint density at radius 3 is 2.35 bits per heavy atom. The monoisotopic (exact) mass is 337 g/mol. The predicted molar refractivity (Wildman–Crippen MR) is 86.1 cm³/mol. The second kappa shape index (κ2) is 6.23. The van der Waals surface area contributed by atoms with Crippen LogP contribution < -0.4 is 4.74 Å². The van der Waals surface area contributed by atoms with E-state index in [0.717, 1.165) is 0 Å². The quantitative estimate of drug-likeness (QED) is 0.674. The van der Waals surface area contributed by atoms with Crippen molar-refractivity contribution in [2.24, 2.45) is 0 Å². The van der Waals surface area contributed by atoms with E-state index in [4.69, 9.17) is 4.74 Å². The second-order valence-corrected chi connectivity index (χ2v) is 7.61. The summed E-state index contributed by atoms with van der Waals surface area (Å²) < 4.78 is 4.54. The maximum atomic E-state index is 12.1. The molecule has 2 rings (SSSR count). The Labute approximate surface area is 138 Å². The molecule has 1 fully saturated rings. The standard InChI is InChI=1S/C16H19NO5S/c1-9(18)17-13(15(20)21)16(3,4)23-14(17)11-7-5-6-8-12(11)22-10(2)19/h5-8,13-14H,1-4H3,(H,20,21)/t13?,14-/m0/s1. The highest BCUT2D eigenvalue weighted by molar-refractivity contribution is 8.01. The summed E-state index contributed by atoms with van der Waals surface area (Å²) in [5.74, 6) is -1.52. The van der Waals surface area contributed by atoms with E-state index >= 15 is 0 Å². The van der Waals surface area contributed by atoms with Crippen molar-refractivity contribution in [1.29, 1.82) is 0 Å². The van der Waals surface area contributed by atoms with Crippen molar-refractivity contribution in [1.82, 2.24) is 4.90 Å². The zero-order valence-electron chi connectivity index (χ0n) is 13.4. The minimum absolute atomic E-state index is 0.335. The fourth-order valence-electron chi connectivity index (χ4n) is 2.79. The average molecular weight is 337 g/mol. The summed E-state index contributed by atoms with van der Waals surface area (Å²) >= 11 is 1.37. The molecule has 1 saturated heterocycles. The number of aliphatic carboxylic acids is 1. The number of carboxylic acids is 1. The lowest BCUT2D eigenvalue weighted by atomic mass is 10.0. The number of carboxylic acid groups (broad SMARTS) is 1. The lowest BCUT2D eigenvalue weighted by molar-refractivity contribution is -0.150. The van der Waals surface area contributed by atoms with Crippen LogP contribution in [0.5, 0.6) is 5.75 Å². The van der Waals surface area contributed by atoms with Crippen LogP contribution in [0.4, 0.5) is 0 Å². The van der Waals surface area contributed by atoms with E-state index in [0.29, 0.717) is 11.3 Å². The molecule has 0 aliphatic carbocycles. The maximum Gasteiger partial charge on any atom is 0.327 e. The van der Waals surface area contributed by atoms with Gasteiger partial charge in [-0.15, -0.1) is 11.8 Å². The number of thioether (sulfide) groups is 1. The van der Waals surface area contributed by atoms with Gasteiger partial charge in [0.15, 0.2) is 0 Å². The molecule has 0 aromatic heterocycles. The zero-order chi connectivity index (χ0) is 17.4. The normalized spacial score (nSPS) is 22.7. The Balaban J connectivity index is 2.52. The van der Waals surface area contributed by atoms with Gasteiger partial charge >= 0.3 is 11.9 Å². The molecular formula is C16H19NO5S. The first-order valence-electron chi connectivity index (χ1n) is 7.12. The minimum Gasteiger partial charge on any atom is -0.480 e. The third kappa shape index (κ3) is 3.34. The molecule has 1 unspecified atom stereocenters. The van der Waals surface area contributed by atoms with E-state index in [1.54, 1.807) is 38.1 Å². The van der Waals surface area contributed by atoms with E-state index in [1.165, 1.54) is 30.5 Å². The number of carbonyl (C=O) groups is 3. The largest absolute Gasteiger partial charge is 0.480 e. The molecular weight excluding hydrogens is 318 g/mol. The van der Waals surface area contributed by atoms with Gasteiger partial charge in [-0.1, -0.05) is 18.2 Å². The van der Waals surface area contributed by atoms with E-state index < -0.39 is 28.1 Å². The van der Waals surface area contributed by atoms with Crippen molar-refractivity contribution in [3.05, 3.63) is 29.8 Å². The minimum atomic E-state index is -1.05. The molecule has 0 bridgehead atoms. The predicted octanol–water partition coefficient (Wildman–Crippen LogP) is 2.44. The summed E-state index contributed by atoms with van der Waals surface area (Å²) in [7, 11) is 0. The molecule has 1 heterocycles. The molecule has 1 aromatic carbocycles. The van der Waals surface area contributed by atoms with E-state index in [9.17, 15) is 19.5 Å². The summed E-state index contributed by atoms with van der Waals surface area (Å²) in [4.78, 5) is 36.4. The lowest BCUT2D eigenvalue weighted by Crippen LogP contribution is -2.48. The molecule has 2 atom stereocenters. The van der Waals surface area contributed by atoms with Crippen LogP contribution in [0.2, 0.25) is 0 Å². The molecule has 124 valence electrons. The summed E-state index contributed by atoms with van der Waals surface area (Å²) in [6.07, 6.45) is 0. The van der Waals surface area contributed by atoms with Gasteiger partial charge in [-0.2, -0.15) is 0 Å². The van der Waals surface area contributed by atoms with Gasteiger partial charge in [0, 0.05) is 24.2 Å². The number of carbonyl (C=O) groups excluding carboxylic acids is 2. The number of esters is 1. The van der Waals surface area contributed by atoms with Crippen LogP contribution in [0.3, 0.4) is 0 Å². The smallest absolute Gasteiger partial charge is 0.327 e.